The summed E-state index contributed by atoms with van der Waals surface area (Å²) in [6, 6.07) is 5.42. The zero-order valence-corrected chi connectivity index (χ0v) is 15.2. The summed E-state index contributed by atoms with van der Waals surface area (Å²) in [5.74, 6) is 0.813. The Kier molecular flexibility index (Phi) is 6.25. The van der Waals surface area contributed by atoms with Crippen molar-refractivity contribution in [1.82, 2.24) is 4.90 Å². The van der Waals surface area contributed by atoms with Crippen molar-refractivity contribution in [2.45, 2.75) is 50.7 Å². The Morgan fingerprint density at radius 3 is 2.96 bits per heavy atom. The van der Waals surface area contributed by atoms with Crippen molar-refractivity contribution in [2.75, 3.05) is 19.8 Å². The lowest BCUT2D eigenvalue weighted by Crippen LogP contribution is -2.54. The lowest BCUT2D eigenvalue weighted by atomic mass is 9.90. The molecule has 1 saturated carbocycles. The largest absolute Gasteiger partial charge is 0.492 e. The molecule has 2 fully saturated rings. The van der Waals surface area contributed by atoms with Gasteiger partial charge < -0.3 is 14.4 Å². The van der Waals surface area contributed by atoms with Gasteiger partial charge in [-0.25, -0.2) is 0 Å². The Labute approximate surface area is 153 Å². The lowest BCUT2D eigenvalue weighted by Gasteiger charge is -2.43. The van der Waals surface area contributed by atoms with Crippen LogP contribution in [0, 0.1) is 0 Å². The van der Waals surface area contributed by atoms with Gasteiger partial charge in [-0.05, 0) is 37.5 Å². The van der Waals surface area contributed by atoms with Gasteiger partial charge >= 0.3 is 0 Å². The predicted molar refractivity (Wildman–Crippen MR) is 94.9 cm³/mol. The molecule has 1 aliphatic heterocycles. The van der Waals surface area contributed by atoms with Gasteiger partial charge in [0.25, 0.3) is 0 Å². The molecule has 1 amide bonds. The highest BCUT2D eigenvalue weighted by atomic mass is 35.5. The van der Waals surface area contributed by atoms with Crippen LogP contribution in [-0.4, -0.2) is 42.7 Å². The molecule has 0 N–H and O–H groups in total. The van der Waals surface area contributed by atoms with Crippen LogP contribution in [0.1, 0.15) is 38.5 Å². The van der Waals surface area contributed by atoms with Crippen molar-refractivity contribution < 1.29 is 14.3 Å². The number of amides is 1. The normalized spacial score (nSPS) is 23.7. The van der Waals surface area contributed by atoms with E-state index in [1.54, 1.807) is 18.2 Å². The molecule has 0 spiro atoms. The van der Waals surface area contributed by atoms with Gasteiger partial charge in [0.05, 0.1) is 30.4 Å². The molecule has 24 heavy (non-hydrogen) atoms. The lowest BCUT2D eigenvalue weighted by molar-refractivity contribution is -0.149. The standard InChI is InChI=1S/C18H23Cl2NO3/c19-13-7-8-16(14(20)12-13)23-10-3-6-18(22)21-9-11-24-17-5-2-1-4-15(17)21/h7-8,12,15,17H,1-6,9-11H2. The van der Waals surface area contributed by atoms with E-state index in [1.807, 2.05) is 4.90 Å². The number of ether oxygens (including phenoxy) is 2. The van der Waals surface area contributed by atoms with E-state index in [0.717, 1.165) is 12.8 Å². The highest BCUT2D eigenvalue weighted by Crippen LogP contribution is 2.29. The first-order valence-corrected chi connectivity index (χ1v) is 9.39. The average molecular weight is 372 g/mol. The Balaban J connectivity index is 1.45. The molecular weight excluding hydrogens is 349 g/mol. The maximum Gasteiger partial charge on any atom is 0.223 e. The summed E-state index contributed by atoms with van der Waals surface area (Å²) in [5, 5.41) is 1.07. The number of morpholine rings is 1. The van der Waals surface area contributed by atoms with Crippen LogP contribution < -0.4 is 4.74 Å². The minimum Gasteiger partial charge on any atom is -0.492 e. The van der Waals surface area contributed by atoms with Gasteiger partial charge in [-0.1, -0.05) is 36.0 Å². The molecule has 1 aliphatic carbocycles. The molecule has 1 saturated heterocycles. The molecule has 0 aromatic heterocycles. The van der Waals surface area contributed by atoms with Crippen LogP contribution in [0.4, 0.5) is 0 Å². The Morgan fingerprint density at radius 1 is 1.29 bits per heavy atom. The Bertz CT molecular complexity index is 579. The first-order chi connectivity index (χ1) is 11.6. The number of nitrogens with zero attached hydrogens (tertiary/aromatic N) is 1. The van der Waals surface area contributed by atoms with Crippen molar-refractivity contribution in [1.29, 1.82) is 0 Å². The predicted octanol–water partition coefficient (Wildman–Crippen LogP) is 4.32. The Hall–Kier alpha value is -0.970. The molecule has 1 aromatic rings. The first-order valence-electron chi connectivity index (χ1n) is 8.64. The molecule has 0 bridgehead atoms. The first kappa shape index (κ1) is 17.8. The molecular formula is C18H23Cl2NO3. The summed E-state index contributed by atoms with van der Waals surface area (Å²) in [7, 11) is 0. The third-order valence-corrected chi connectivity index (χ3v) is 5.27. The fourth-order valence-corrected chi connectivity index (χ4v) is 4.01. The van der Waals surface area contributed by atoms with Gasteiger partial charge in [0.2, 0.25) is 5.91 Å². The van der Waals surface area contributed by atoms with E-state index in [1.165, 1.54) is 12.8 Å². The second-order valence-corrected chi connectivity index (χ2v) is 7.22. The van der Waals surface area contributed by atoms with Gasteiger partial charge in [0.1, 0.15) is 5.75 Å². The fraction of sp³-hybridized carbons (Fsp3) is 0.611. The summed E-state index contributed by atoms with van der Waals surface area (Å²) in [5.41, 5.74) is 0. The van der Waals surface area contributed by atoms with Crippen LogP contribution in [0.15, 0.2) is 18.2 Å². The maximum absolute atomic E-state index is 12.5. The SMILES string of the molecule is O=C(CCCOc1ccc(Cl)cc1Cl)N1CCOC2CCCCC21. The van der Waals surface area contributed by atoms with Crippen LogP contribution >= 0.6 is 23.2 Å². The highest BCUT2D eigenvalue weighted by molar-refractivity contribution is 6.35. The smallest absolute Gasteiger partial charge is 0.223 e. The second kappa shape index (κ2) is 8.41. The molecule has 1 heterocycles. The number of hydrogen-bond acceptors (Lipinski definition) is 3. The molecule has 2 aliphatic rings. The topological polar surface area (TPSA) is 38.8 Å². The van der Waals surface area contributed by atoms with Crippen LogP contribution in [-0.2, 0) is 9.53 Å². The number of fused-ring (bicyclic) bond motifs is 1. The number of rotatable bonds is 5. The molecule has 1 aromatic carbocycles. The molecule has 2 atom stereocenters. The van der Waals surface area contributed by atoms with Crippen LogP contribution in [0.2, 0.25) is 10.0 Å². The number of benzene rings is 1. The van der Waals surface area contributed by atoms with E-state index < -0.39 is 0 Å². The van der Waals surface area contributed by atoms with E-state index in [9.17, 15) is 4.79 Å². The van der Waals surface area contributed by atoms with Gasteiger partial charge in [0, 0.05) is 18.0 Å². The van der Waals surface area contributed by atoms with Crippen molar-refractivity contribution in [3.8, 4) is 5.75 Å². The second-order valence-electron chi connectivity index (χ2n) is 6.37. The molecule has 3 rings (SSSR count). The zero-order valence-electron chi connectivity index (χ0n) is 13.7. The summed E-state index contributed by atoms with van der Waals surface area (Å²) < 4.78 is 11.5. The van der Waals surface area contributed by atoms with Crippen molar-refractivity contribution >= 4 is 29.1 Å². The molecule has 4 nitrogen and oxygen atoms in total. The number of hydrogen-bond donors (Lipinski definition) is 0. The highest BCUT2D eigenvalue weighted by Gasteiger charge is 2.36. The number of halogens is 2. The number of carbonyl (C=O) groups excluding carboxylic acids is 1. The van der Waals surface area contributed by atoms with Crippen molar-refractivity contribution in [3.05, 3.63) is 28.2 Å². The minimum absolute atomic E-state index is 0.209. The van der Waals surface area contributed by atoms with E-state index in [2.05, 4.69) is 0 Å². The quantitative estimate of drug-likeness (QED) is 0.723. The van der Waals surface area contributed by atoms with Crippen LogP contribution in [0.25, 0.3) is 0 Å². The number of carbonyl (C=O) groups is 1. The minimum atomic E-state index is 0.209. The van der Waals surface area contributed by atoms with E-state index >= 15 is 0 Å². The summed E-state index contributed by atoms with van der Waals surface area (Å²) in [6.45, 7) is 1.83. The summed E-state index contributed by atoms with van der Waals surface area (Å²) in [6.07, 6.45) is 5.94. The van der Waals surface area contributed by atoms with E-state index in [-0.39, 0.29) is 18.1 Å². The Morgan fingerprint density at radius 2 is 2.12 bits per heavy atom. The van der Waals surface area contributed by atoms with Gasteiger partial charge in [-0.2, -0.15) is 0 Å². The van der Waals surface area contributed by atoms with Gasteiger partial charge in [0.15, 0.2) is 0 Å². The third kappa shape index (κ3) is 4.35. The van der Waals surface area contributed by atoms with Gasteiger partial charge in [-0.3, -0.25) is 4.79 Å². The van der Waals surface area contributed by atoms with Crippen molar-refractivity contribution in [2.24, 2.45) is 0 Å². The summed E-state index contributed by atoms with van der Waals surface area (Å²) >= 11 is 11.9. The summed E-state index contributed by atoms with van der Waals surface area (Å²) in [4.78, 5) is 14.6. The van der Waals surface area contributed by atoms with Crippen LogP contribution in [0.5, 0.6) is 5.75 Å². The monoisotopic (exact) mass is 371 g/mol. The molecule has 6 heteroatoms. The molecule has 132 valence electrons. The van der Waals surface area contributed by atoms with Crippen LogP contribution in [0.3, 0.4) is 0 Å². The average Bonchev–Trinajstić information content (AvgIpc) is 2.59. The van der Waals surface area contributed by atoms with Crippen molar-refractivity contribution in [3.63, 3.8) is 0 Å². The molecule has 0 radical (unpaired) electrons. The maximum atomic E-state index is 12.5. The third-order valence-electron chi connectivity index (χ3n) is 4.74. The zero-order chi connectivity index (χ0) is 16.9. The molecule has 2 unspecified atom stereocenters. The van der Waals surface area contributed by atoms with Gasteiger partial charge in [-0.15, -0.1) is 0 Å². The van der Waals surface area contributed by atoms with E-state index in [4.69, 9.17) is 32.7 Å². The van der Waals surface area contributed by atoms with E-state index in [0.29, 0.717) is 48.4 Å². The fourth-order valence-electron chi connectivity index (χ4n) is 3.55.